The molecule has 2 heterocycles. The lowest BCUT2D eigenvalue weighted by atomic mass is 10.0. The number of nitrogens with one attached hydrogen (secondary N) is 1. The number of aromatic nitrogens is 1. The fraction of sp³-hybridized carbons (Fsp3) is 0.0714. The fourth-order valence-electron chi connectivity index (χ4n) is 2.14. The molecule has 2 aromatic heterocycles. The summed E-state index contributed by atoms with van der Waals surface area (Å²) in [6.07, 6.45) is 1.20. The highest BCUT2D eigenvalue weighted by Crippen LogP contribution is 2.31. The summed E-state index contributed by atoms with van der Waals surface area (Å²) >= 11 is 1.66. The van der Waals surface area contributed by atoms with Crippen LogP contribution < -0.4 is 11.3 Å². The molecule has 0 saturated carbocycles. The van der Waals surface area contributed by atoms with Crippen molar-refractivity contribution in [2.75, 3.05) is 0 Å². The van der Waals surface area contributed by atoms with Crippen molar-refractivity contribution in [2.45, 2.75) is 6.04 Å². The number of hydrogen-bond acceptors (Lipinski definition) is 4. The number of rotatable bonds is 3. The lowest BCUT2D eigenvalue weighted by molar-refractivity contribution is 0.598. The molecular formula is C14H12FN3S. The second kappa shape index (κ2) is 5.05. The zero-order valence-electron chi connectivity index (χ0n) is 10.0. The zero-order valence-corrected chi connectivity index (χ0v) is 10.8. The lowest BCUT2D eigenvalue weighted by Gasteiger charge is -2.16. The minimum atomic E-state index is -0.353. The van der Waals surface area contributed by atoms with E-state index in [0.717, 1.165) is 10.3 Å². The van der Waals surface area contributed by atoms with E-state index in [1.165, 1.54) is 17.6 Å². The Morgan fingerprint density at radius 1 is 1.21 bits per heavy atom. The maximum Gasteiger partial charge on any atom is 0.141 e. The Balaban J connectivity index is 2.11. The largest absolute Gasteiger partial charge is 0.271 e. The van der Waals surface area contributed by atoms with Gasteiger partial charge in [-0.25, -0.2) is 9.82 Å². The van der Waals surface area contributed by atoms with Crippen LogP contribution in [0.5, 0.6) is 0 Å². The molecule has 0 spiro atoms. The summed E-state index contributed by atoms with van der Waals surface area (Å²) in [5.74, 6) is 5.30. The summed E-state index contributed by atoms with van der Waals surface area (Å²) in [6.45, 7) is 0. The third kappa shape index (κ3) is 2.23. The monoisotopic (exact) mass is 273 g/mol. The van der Waals surface area contributed by atoms with Crippen molar-refractivity contribution in [1.29, 1.82) is 0 Å². The molecule has 1 atom stereocenters. The molecule has 3 aromatic rings. The molecule has 19 heavy (non-hydrogen) atoms. The first kappa shape index (κ1) is 12.2. The quantitative estimate of drug-likeness (QED) is 0.570. The van der Waals surface area contributed by atoms with E-state index in [1.54, 1.807) is 17.4 Å². The van der Waals surface area contributed by atoms with E-state index in [1.807, 2.05) is 17.5 Å². The summed E-state index contributed by atoms with van der Waals surface area (Å²) in [4.78, 5) is 4.10. The Labute approximate surface area is 113 Å². The second-order valence-electron chi connectivity index (χ2n) is 4.19. The minimum Gasteiger partial charge on any atom is -0.271 e. The maximum absolute atomic E-state index is 12.9. The first-order valence-corrected chi connectivity index (χ1v) is 6.71. The molecule has 0 amide bonds. The molecule has 0 aliphatic carbocycles. The fourth-order valence-corrected chi connectivity index (χ4v) is 3.08. The molecule has 0 fully saturated rings. The standard InChI is InChI=1S/C14H12FN3S/c15-10-4-5-12(17-8-10)13(18-16)11-3-1-2-9-6-7-19-14(9)11/h1-8,13,18H,16H2. The van der Waals surface area contributed by atoms with E-state index >= 15 is 0 Å². The average Bonchev–Trinajstić information content (AvgIpc) is 2.91. The van der Waals surface area contributed by atoms with Crippen molar-refractivity contribution >= 4 is 21.4 Å². The molecule has 5 heteroatoms. The van der Waals surface area contributed by atoms with Crippen molar-refractivity contribution in [3.63, 3.8) is 0 Å². The zero-order chi connectivity index (χ0) is 13.2. The number of halogens is 1. The predicted molar refractivity (Wildman–Crippen MR) is 75.2 cm³/mol. The third-order valence-electron chi connectivity index (χ3n) is 3.03. The molecule has 0 saturated heterocycles. The van der Waals surface area contributed by atoms with Gasteiger partial charge in [-0.15, -0.1) is 11.3 Å². The SMILES string of the molecule is NNC(c1ccc(F)cn1)c1cccc2ccsc12. The molecule has 3 nitrogen and oxygen atoms in total. The number of benzene rings is 1. The summed E-state index contributed by atoms with van der Waals surface area (Å²) in [6, 6.07) is 10.9. The number of hydrogen-bond donors (Lipinski definition) is 2. The summed E-state index contributed by atoms with van der Waals surface area (Å²) in [7, 11) is 0. The van der Waals surface area contributed by atoms with Gasteiger partial charge in [0.15, 0.2) is 0 Å². The topological polar surface area (TPSA) is 50.9 Å². The van der Waals surface area contributed by atoms with Crippen molar-refractivity contribution in [3.05, 3.63) is 65.0 Å². The highest BCUT2D eigenvalue weighted by molar-refractivity contribution is 7.17. The molecule has 96 valence electrons. The van der Waals surface area contributed by atoms with Gasteiger partial charge in [0.05, 0.1) is 17.9 Å². The molecule has 3 N–H and O–H groups in total. The number of fused-ring (bicyclic) bond motifs is 1. The van der Waals surface area contributed by atoms with E-state index in [4.69, 9.17) is 5.84 Å². The Morgan fingerprint density at radius 2 is 2.11 bits per heavy atom. The van der Waals surface area contributed by atoms with E-state index in [0.29, 0.717) is 5.69 Å². The van der Waals surface area contributed by atoms with Crippen LogP contribution >= 0.6 is 11.3 Å². The van der Waals surface area contributed by atoms with Crippen LogP contribution in [0.4, 0.5) is 4.39 Å². The summed E-state index contributed by atoms with van der Waals surface area (Å²) < 4.78 is 14.1. The van der Waals surface area contributed by atoms with E-state index in [-0.39, 0.29) is 11.9 Å². The van der Waals surface area contributed by atoms with Gasteiger partial charge >= 0.3 is 0 Å². The summed E-state index contributed by atoms with van der Waals surface area (Å²) in [5, 5.41) is 3.21. The Hall–Kier alpha value is -1.82. The van der Waals surface area contributed by atoms with Crippen molar-refractivity contribution < 1.29 is 4.39 Å². The molecule has 0 aliphatic heterocycles. The maximum atomic E-state index is 12.9. The van der Waals surface area contributed by atoms with E-state index in [9.17, 15) is 4.39 Å². The van der Waals surface area contributed by atoms with Crippen LogP contribution in [-0.2, 0) is 0 Å². The number of pyridine rings is 1. The Bertz CT molecular complexity index is 693. The lowest BCUT2D eigenvalue weighted by Crippen LogP contribution is -2.29. The van der Waals surface area contributed by atoms with Gasteiger partial charge in [-0.1, -0.05) is 18.2 Å². The van der Waals surface area contributed by atoms with Crippen LogP contribution in [0.3, 0.4) is 0 Å². The molecule has 0 bridgehead atoms. The smallest absolute Gasteiger partial charge is 0.141 e. The van der Waals surface area contributed by atoms with Gasteiger partial charge in [0.2, 0.25) is 0 Å². The van der Waals surface area contributed by atoms with Gasteiger partial charge in [-0.3, -0.25) is 10.8 Å². The van der Waals surface area contributed by atoms with E-state index in [2.05, 4.69) is 22.5 Å². The molecule has 0 aliphatic rings. The average molecular weight is 273 g/mol. The van der Waals surface area contributed by atoms with Gasteiger partial charge in [0.25, 0.3) is 0 Å². The number of nitrogens with two attached hydrogens (primary N) is 1. The van der Waals surface area contributed by atoms with Crippen LogP contribution in [0.25, 0.3) is 10.1 Å². The number of thiophene rings is 1. The summed E-state index contributed by atoms with van der Waals surface area (Å²) in [5.41, 5.74) is 4.51. The van der Waals surface area contributed by atoms with Crippen molar-refractivity contribution in [3.8, 4) is 0 Å². The van der Waals surface area contributed by atoms with Crippen LogP contribution in [-0.4, -0.2) is 4.98 Å². The molecule has 1 aromatic carbocycles. The van der Waals surface area contributed by atoms with Crippen LogP contribution in [0.1, 0.15) is 17.3 Å². The van der Waals surface area contributed by atoms with Crippen molar-refractivity contribution in [2.24, 2.45) is 5.84 Å². The molecular weight excluding hydrogens is 261 g/mol. The first-order chi connectivity index (χ1) is 9.29. The van der Waals surface area contributed by atoms with Gasteiger partial charge < -0.3 is 0 Å². The van der Waals surface area contributed by atoms with Crippen LogP contribution in [0.15, 0.2) is 48.0 Å². The number of hydrazine groups is 1. The van der Waals surface area contributed by atoms with Gasteiger partial charge in [0, 0.05) is 4.70 Å². The predicted octanol–water partition coefficient (Wildman–Crippen LogP) is 2.99. The van der Waals surface area contributed by atoms with Crippen molar-refractivity contribution in [1.82, 2.24) is 10.4 Å². The van der Waals surface area contributed by atoms with Gasteiger partial charge in [-0.2, -0.15) is 0 Å². The Morgan fingerprint density at radius 3 is 2.84 bits per heavy atom. The minimum absolute atomic E-state index is 0.247. The highest BCUT2D eigenvalue weighted by atomic mass is 32.1. The second-order valence-corrected chi connectivity index (χ2v) is 5.10. The molecule has 1 unspecified atom stereocenters. The highest BCUT2D eigenvalue weighted by Gasteiger charge is 2.17. The third-order valence-corrected chi connectivity index (χ3v) is 4.01. The van der Waals surface area contributed by atoms with E-state index < -0.39 is 0 Å². The molecule has 3 rings (SSSR count). The number of nitrogens with zero attached hydrogens (tertiary/aromatic N) is 1. The molecule has 0 radical (unpaired) electrons. The normalized spacial score (nSPS) is 12.7. The van der Waals surface area contributed by atoms with Crippen LogP contribution in [0.2, 0.25) is 0 Å². The van der Waals surface area contributed by atoms with Gasteiger partial charge in [-0.05, 0) is 34.5 Å². The first-order valence-electron chi connectivity index (χ1n) is 5.83. The van der Waals surface area contributed by atoms with Crippen LogP contribution in [0, 0.1) is 5.82 Å². The van der Waals surface area contributed by atoms with Gasteiger partial charge in [0.1, 0.15) is 5.82 Å². The Kier molecular flexibility index (Phi) is 3.25.